The molecule has 0 aliphatic carbocycles. The van der Waals surface area contributed by atoms with Crippen molar-refractivity contribution in [1.29, 1.82) is 0 Å². The van der Waals surface area contributed by atoms with Crippen molar-refractivity contribution in [1.82, 2.24) is 4.31 Å². The number of hydrogen-bond donors (Lipinski definition) is 0. The second kappa shape index (κ2) is 6.05. The van der Waals surface area contributed by atoms with Gasteiger partial charge in [0.05, 0.1) is 5.75 Å². The van der Waals surface area contributed by atoms with Gasteiger partial charge in [-0.2, -0.15) is 4.31 Å². The average molecular weight is 304 g/mol. The SMILES string of the molecule is CCCS(=O)(=O)N1CCN(c2ccc(F)c(F)c2)CC1. The van der Waals surface area contributed by atoms with Crippen LogP contribution in [0.2, 0.25) is 0 Å². The molecule has 1 heterocycles. The van der Waals surface area contributed by atoms with Gasteiger partial charge in [-0.1, -0.05) is 6.92 Å². The van der Waals surface area contributed by atoms with Crippen LogP contribution in [0.3, 0.4) is 0 Å². The third-order valence-corrected chi connectivity index (χ3v) is 5.44. The predicted molar refractivity (Wildman–Crippen MR) is 74.2 cm³/mol. The number of benzene rings is 1. The Kier molecular flexibility index (Phi) is 4.59. The maximum atomic E-state index is 13.2. The molecular weight excluding hydrogens is 286 g/mol. The van der Waals surface area contributed by atoms with E-state index in [1.165, 1.54) is 10.4 Å². The molecule has 7 heteroatoms. The van der Waals surface area contributed by atoms with Gasteiger partial charge in [0.15, 0.2) is 11.6 Å². The molecule has 1 aromatic carbocycles. The summed E-state index contributed by atoms with van der Waals surface area (Å²) in [6.07, 6.45) is 0.589. The van der Waals surface area contributed by atoms with Gasteiger partial charge in [0, 0.05) is 37.9 Å². The molecule has 20 heavy (non-hydrogen) atoms. The lowest BCUT2D eigenvalue weighted by Gasteiger charge is -2.35. The van der Waals surface area contributed by atoms with Crippen LogP contribution < -0.4 is 4.90 Å². The molecule has 1 aliphatic heterocycles. The maximum absolute atomic E-state index is 13.2. The molecule has 0 atom stereocenters. The second-order valence-electron chi connectivity index (χ2n) is 4.80. The highest BCUT2D eigenvalue weighted by Crippen LogP contribution is 2.20. The van der Waals surface area contributed by atoms with E-state index in [1.54, 1.807) is 0 Å². The highest BCUT2D eigenvalue weighted by Gasteiger charge is 2.26. The van der Waals surface area contributed by atoms with Crippen molar-refractivity contribution in [3.63, 3.8) is 0 Å². The van der Waals surface area contributed by atoms with Gasteiger partial charge in [-0.05, 0) is 18.6 Å². The van der Waals surface area contributed by atoms with Gasteiger partial charge in [0.25, 0.3) is 0 Å². The van der Waals surface area contributed by atoms with E-state index >= 15 is 0 Å². The van der Waals surface area contributed by atoms with Crippen LogP contribution >= 0.6 is 0 Å². The van der Waals surface area contributed by atoms with E-state index in [1.807, 2.05) is 11.8 Å². The minimum atomic E-state index is -3.18. The zero-order valence-electron chi connectivity index (χ0n) is 11.3. The van der Waals surface area contributed by atoms with Crippen LogP contribution in [-0.2, 0) is 10.0 Å². The zero-order valence-corrected chi connectivity index (χ0v) is 12.2. The van der Waals surface area contributed by atoms with Crippen molar-refractivity contribution in [2.24, 2.45) is 0 Å². The molecule has 0 bridgehead atoms. The van der Waals surface area contributed by atoms with Gasteiger partial charge in [-0.15, -0.1) is 0 Å². The smallest absolute Gasteiger partial charge is 0.214 e. The van der Waals surface area contributed by atoms with E-state index in [4.69, 9.17) is 0 Å². The van der Waals surface area contributed by atoms with Crippen molar-refractivity contribution < 1.29 is 17.2 Å². The van der Waals surface area contributed by atoms with Gasteiger partial charge < -0.3 is 4.90 Å². The Morgan fingerprint density at radius 1 is 1.10 bits per heavy atom. The van der Waals surface area contributed by atoms with Crippen LogP contribution in [-0.4, -0.2) is 44.7 Å². The van der Waals surface area contributed by atoms with Gasteiger partial charge in [0.2, 0.25) is 10.0 Å². The third-order valence-electron chi connectivity index (χ3n) is 3.36. The predicted octanol–water partition coefficient (Wildman–Crippen LogP) is 1.83. The molecule has 0 unspecified atom stereocenters. The monoisotopic (exact) mass is 304 g/mol. The summed E-state index contributed by atoms with van der Waals surface area (Å²) in [7, 11) is -3.18. The maximum Gasteiger partial charge on any atom is 0.214 e. The van der Waals surface area contributed by atoms with Crippen LogP contribution in [0.4, 0.5) is 14.5 Å². The first kappa shape index (κ1) is 15.2. The van der Waals surface area contributed by atoms with Crippen molar-refractivity contribution in [2.75, 3.05) is 36.8 Å². The molecule has 1 aliphatic rings. The molecule has 1 saturated heterocycles. The molecule has 112 valence electrons. The molecule has 0 spiro atoms. The fourth-order valence-electron chi connectivity index (χ4n) is 2.29. The lowest BCUT2D eigenvalue weighted by atomic mass is 10.2. The number of rotatable bonds is 4. The Morgan fingerprint density at radius 2 is 1.75 bits per heavy atom. The number of halogens is 2. The minimum Gasteiger partial charge on any atom is -0.369 e. The molecule has 0 saturated carbocycles. The second-order valence-corrected chi connectivity index (χ2v) is 6.89. The normalized spacial score (nSPS) is 17.4. The summed E-state index contributed by atoms with van der Waals surface area (Å²) < 4.78 is 51.4. The molecule has 0 amide bonds. The summed E-state index contributed by atoms with van der Waals surface area (Å²) in [5.74, 6) is -1.61. The van der Waals surface area contributed by atoms with Gasteiger partial charge in [-0.25, -0.2) is 17.2 Å². The van der Waals surface area contributed by atoms with Crippen LogP contribution in [0.15, 0.2) is 18.2 Å². The highest BCUT2D eigenvalue weighted by atomic mass is 32.2. The van der Waals surface area contributed by atoms with E-state index in [-0.39, 0.29) is 5.75 Å². The summed E-state index contributed by atoms with van der Waals surface area (Å²) in [6, 6.07) is 3.74. The van der Waals surface area contributed by atoms with Crippen LogP contribution in [0, 0.1) is 11.6 Å². The zero-order chi connectivity index (χ0) is 14.8. The van der Waals surface area contributed by atoms with Crippen molar-refractivity contribution in [2.45, 2.75) is 13.3 Å². The van der Waals surface area contributed by atoms with E-state index in [9.17, 15) is 17.2 Å². The number of anilines is 1. The average Bonchev–Trinajstić information content (AvgIpc) is 2.42. The standard InChI is InChI=1S/C13H18F2N2O2S/c1-2-9-20(18,19)17-7-5-16(6-8-17)11-3-4-12(14)13(15)10-11/h3-4,10H,2,5-9H2,1H3. The molecule has 0 aromatic heterocycles. The first-order valence-corrected chi connectivity index (χ1v) is 8.23. The largest absolute Gasteiger partial charge is 0.369 e. The number of nitrogens with zero attached hydrogens (tertiary/aromatic N) is 2. The van der Waals surface area contributed by atoms with Crippen molar-refractivity contribution in [3.05, 3.63) is 29.8 Å². The van der Waals surface area contributed by atoms with Crippen LogP contribution in [0.25, 0.3) is 0 Å². The Morgan fingerprint density at radius 3 is 2.30 bits per heavy atom. The number of hydrogen-bond acceptors (Lipinski definition) is 3. The molecular formula is C13H18F2N2O2S. The third kappa shape index (κ3) is 3.27. The summed E-state index contributed by atoms with van der Waals surface area (Å²) in [5.41, 5.74) is 0.580. The fraction of sp³-hybridized carbons (Fsp3) is 0.538. The van der Waals surface area contributed by atoms with E-state index in [2.05, 4.69) is 0 Å². The summed E-state index contributed by atoms with van der Waals surface area (Å²) in [6.45, 7) is 3.54. The first-order chi connectivity index (χ1) is 9.44. The van der Waals surface area contributed by atoms with E-state index in [0.29, 0.717) is 38.3 Å². The Labute approximate surface area is 118 Å². The quantitative estimate of drug-likeness (QED) is 0.852. The summed E-state index contributed by atoms with van der Waals surface area (Å²) >= 11 is 0. The summed E-state index contributed by atoms with van der Waals surface area (Å²) in [5, 5.41) is 0. The van der Waals surface area contributed by atoms with Crippen LogP contribution in [0.5, 0.6) is 0 Å². The Hall–Kier alpha value is -1.21. The van der Waals surface area contributed by atoms with Crippen molar-refractivity contribution >= 4 is 15.7 Å². The molecule has 0 N–H and O–H groups in total. The van der Waals surface area contributed by atoms with Crippen LogP contribution in [0.1, 0.15) is 13.3 Å². The molecule has 4 nitrogen and oxygen atoms in total. The topological polar surface area (TPSA) is 40.6 Å². The molecule has 1 aromatic rings. The lowest BCUT2D eigenvalue weighted by Crippen LogP contribution is -2.49. The van der Waals surface area contributed by atoms with Gasteiger partial charge >= 0.3 is 0 Å². The minimum absolute atomic E-state index is 0.151. The van der Waals surface area contributed by atoms with Crippen molar-refractivity contribution in [3.8, 4) is 0 Å². The summed E-state index contributed by atoms with van der Waals surface area (Å²) in [4.78, 5) is 1.86. The van der Waals surface area contributed by atoms with E-state index < -0.39 is 21.7 Å². The first-order valence-electron chi connectivity index (χ1n) is 6.62. The Bertz CT molecular complexity index is 570. The van der Waals surface area contributed by atoms with E-state index in [0.717, 1.165) is 12.1 Å². The molecule has 2 rings (SSSR count). The molecule has 0 radical (unpaired) electrons. The number of piperazine rings is 1. The van der Waals surface area contributed by atoms with Gasteiger partial charge in [0.1, 0.15) is 0 Å². The number of sulfonamides is 1. The molecule has 1 fully saturated rings. The highest BCUT2D eigenvalue weighted by molar-refractivity contribution is 7.89. The lowest BCUT2D eigenvalue weighted by molar-refractivity contribution is 0.384. The van der Waals surface area contributed by atoms with Gasteiger partial charge in [-0.3, -0.25) is 0 Å². The Balaban J connectivity index is 2.02. The fourth-order valence-corrected chi connectivity index (χ4v) is 3.79.